The molecule has 0 saturated carbocycles. The van der Waals surface area contributed by atoms with Crippen LogP contribution in [0.1, 0.15) is 30.2 Å². The molecule has 118 valence electrons. The number of carbonyl (C=O) groups excluding carboxylic acids is 1. The molecule has 1 fully saturated rings. The van der Waals surface area contributed by atoms with E-state index < -0.39 is 6.10 Å². The second kappa shape index (κ2) is 7.53. The highest BCUT2D eigenvalue weighted by Gasteiger charge is 2.16. The van der Waals surface area contributed by atoms with Gasteiger partial charge in [0, 0.05) is 51.5 Å². The van der Waals surface area contributed by atoms with E-state index in [-0.39, 0.29) is 18.5 Å². The Morgan fingerprint density at radius 2 is 2.19 bits per heavy atom. The second-order valence-corrected chi connectivity index (χ2v) is 5.72. The summed E-state index contributed by atoms with van der Waals surface area (Å²) in [7, 11) is 0. The zero-order valence-electron chi connectivity index (χ0n) is 12.7. The topological polar surface area (TPSA) is 82.4 Å². The van der Waals surface area contributed by atoms with Gasteiger partial charge in [-0.2, -0.15) is 5.10 Å². The number of aliphatic hydroxyl groups excluding tert-OH is 1. The van der Waals surface area contributed by atoms with Gasteiger partial charge >= 0.3 is 0 Å². The molecule has 0 unspecified atom stereocenters. The molecule has 1 amide bonds. The average Bonchev–Trinajstić information content (AvgIpc) is 2.96. The van der Waals surface area contributed by atoms with Crippen molar-refractivity contribution < 1.29 is 9.90 Å². The summed E-state index contributed by atoms with van der Waals surface area (Å²) in [4.78, 5) is 14.2. The molecular weight excluding hydrogens is 270 g/mol. The molecular formula is C14H25N5O2. The van der Waals surface area contributed by atoms with Crippen molar-refractivity contribution in [2.75, 3.05) is 39.3 Å². The SMILES string of the molecule is CC(C)n1cc(C(=O)NC[C@H](O)CN2CCNCC2)cn1. The Morgan fingerprint density at radius 1 is 1.48 bits per heavy atom. The molecule has 0 bridgehead atoms. The number of nitrogens with zero attached hydrogens (tertiary/aromatic N) is 3. The van der Waals surface area contributed by atoms with Gasteiger partial charge in [0.05, 0.1) is 17.9 Å². The summed E-state index contributed by atoms with van der Waals surface area (Å²) in [6, 6.07) is 0.227. The Balaban J connectivity index is 1.74. The van der Waals surface area contributed by atoms with Crippen LogP contribution in [0.25, 0.3) is 0 Å². The van der Waals surface area contributed by atoms with E-state index in [1.165, 1.54) is 0 Å². The normalized spacial score (nSPS) is 17.9. The molecule has 0 aliphatic carbocycles. The lowest BCUT2D eigenvalue weighted by molar-refractivity contribution is 0.0842. The van der Waals surface area contributed by atoms with Gasteiger partial charge in [0.25, 0.3) is 5.91 Å². The third-order valence-electron chi connectivity index (χ3n) is 3.57. The summed E-state index contributed by atoms with van der Waals surface area (Å²) in [6.07, 6.45) is 2.73. The van der Waals surface area contributed by atoms with Crippen LogP contribution >= 0.6 is 0 Å². The minimum absolute atomic E-state index is 0.193. The summed E-state index contributed by atoms with van der Waals surface area (Å²) >= 11 is 0. The Bertz CT molecular complexity index is 454. The minimum atomic E-state index is -0.549. The number of hydrogen-bond acceptors (Lipinski definition) is 5. The van der Waals surface area contributed by atoms with Crippen LogP contribution in [-0.4, -0.2) is 71.1 Å². The van der Waals surface area contributed by atoms with Gasteiger partial charge in [-0.3, -0.25) is 14.4 Å². The fourth-order valence-electron chi connectivity index (χ4n) is 2.31. The number of nitrogens with one attached hydrogen (secondary N) is 2. The summed E-state index contributed by atoms with van der Waals surface area (Å²) in [5, 5.41) is 20.2. The van der Waals surface area contributed by atoms with E-state index in [0.717, 1.165) is 26.2 Å². The third-order valence-corrected chi connectivity index (χ3v) is 3.57. The first-order valence-electron chi connectivity index (χ1n) is 7.49. The summed E-state index contributed by atoms with van der Waals surface area (Å²) in [5.74, 6) is -0.193. The first-order valence-corrected chi connectivity index (χ1v) is 7.49. The quantitative estimate of drug-likeness (QED) is 0.656. The Morgan fingerprint density at radius 3 is 2.81 bits per heavy atom. The van der Waals surface area contributed by atoms with Gasteiger partial charge in [-0.1, -0.05) is 0 Å². The first kappa shape index (κ1) is 15.9. The van der Waals surface area contributed by atoms with Crippen LogP contribution in [0.2, 0.25) is 0 Å². The van der Waals surface area contributed by atoms with Gasteiger partial charge in [0.2, 0.25) is 0 Å². The molecule has 2 heterocycles. The van der Waals surface area contributed by atoms with E-state index in [1.807, 2.05) is 13.8 Å². The number of piperazine rings is 1. The van der Waals surface area contributed by atoms with Gasteiger partial charge in [-0.15, -0.1) is 0 Å². The fourth-order valence-corrected chi connectivity index (χ4v) is 2.31. The molecule has 1 aliphatic rings. The van der Waals surface area contributed by atoms with Crippen molar-refractivity contribution in [1.82, 2.24) is 25.3 Å². The van der Waals surface area contributed by atoms with Crippen molar-refractivity contribution in [2.24, 2.45) is 0 Å². The maximum absolute atomic E-state index is 12.0. The number of β-amino-alcohol motifs (C(OH)–C–C–N with tert-alkyl or cyclic N) is 1. The lowest BCUT2D eigenvalue weighted by atomic mass is 10.2. The monoisotopic (exact) mass is 295 g/mol. The largest absolute Gasteiger partial charge is 0.390 e. The highest BCUT2D eigenvalue weighted by molar-refractivity contribution is 5.93. The molecule has 3 N–H and O–H groups in total. The number of carbonyl (C=O) groups is 1. The van der Waals surface area contributed by atoms with Gasteiger partial charge < -0.3 is 15.7 Å². The zero-order valence-corrected chi connectivity index (χ0v) is 12.7. The summed E-state index contributed by atoms with van der Waals surface area (Å²) < 4.78 is 1.74. The van der Waals surface area contributed by atoms with E-state index in [0.29, 0.717) is 12.1 Å². The van der Waals surface area contributed by atoms with Crippen LogP contribution in [0.15, 0.2) is 12.4 Å². The molecule has 1 atom stereocenters. The van der Waals surface area contributed by atoms with Gasteiger partial charge in [-0.05, 0) is 13.8 Å². The highest BCUT2D eigenvalue weighted by atomic mass is 16.3. The van der Waals surface area contributed by atoms with E-state index in [4.69, 9.17) is 0 Å². The standard InChI is InChI=1S/C14H25N5O2/c1-11(2)19-9-12(7-17-19)14(21)16-8-13(20)10-18-5-3-15-4-6-18/h7,9,11,13,15,20H,3-6,8,10H2,1-2H3,(H,16,21)/t13-/m0/s1. The lowest BCUT2D eigenvalue weighted by Gasteiger charge is -2.29. The first-order chi connectivity index (χ1) is 10.1. The molecule has 1 saturated heterocycles. The van der Waals surface area contributed by atoms with Gasteiger partial charge in [-0.25, -0.2) is 0 Å². The molecule has 7 heteroatoms. The Hall–Kier alpha value is -1.44. The van der Waals surface area contributed by atoms with Crippen LogP contribution < -0.4 is 10.6 Å². The van der Waals surface area contributed by atoms with Crippen LogP contribution in [0, 0.1) is 0 Å². The van der Waals surface area contributed by atoms with Gasteiger partial charge in [0.1, 0.15) is 0 Å². The zero-order chi connectivity index (χ0) is 15.2. The predicted molar refractivity (Wildman–Crippen MR) is 80.3 cm³/mol. The van der Waals surface area contributed by atoms with Crippen LogP contribution in [0.5, 0.6) is 0 Å². The second-order valence-electron chi connectivity index (χ2n) is 5.72. The number of rotatable bonds is 6. The van der Waals surface area contributed by atoms with E-state index >= 15 is 0 Å². The maximum atomic E-state index is 12.0. The minimum Gasteiger partial charge on any atom is -0.390 e. The van der Waals surface area contributed by atoms with Crippen molar-refractivity contribution >= 4 is 5.91 Å². The van der Waals surface area contributed by atoms with Crippen molar-refractivity contribution in [3.63, 3.8) is 0 Å². The van der Waals surface area contributed by atoms with E-state index in [2.05, 4.69) is 20.6 Å². The smallest absolute Gasteiger partial charge is 0.254 e. The molecule has 1 aromatic heterocycles. The molecule has 0 aromatic carbocycles. The van der Waals surface area contributed by atoms with Crippen LogP contribution in [0.3, 0.4) is 0 Å². The lowest BCUT2D eigenvalue weighted by Crippen LogP contribution is -2.48. The van der Waals surface area contributed by atoms with Crippen molar-refractivity contribution in [3.05, 3.63) is 18.0 Å². The molecule has 2 rings (SSSR count). The predicted octanol–water partition coefficient (Wildman–Crippen LogP) is -0.540. The van der Waals surface area contributed by atoms with Crippen LogP contribution in [-0.2, 0) is 0 Å². The van der Waals surface area contributed by atoms with Crippen LogP contribution in [0.4, 0.5) is 0 Å². The summed E-state index contributed by atoms with van der Waals surface area (Å²) in [6.45, 7) is 8.64. The third kappa shape index (κ3) is 4.80. The summed E-state index contributed by atoms with van der Waals surface area (Å²) in [5.41, 5.74) is 0.526. The van der Waals surface area contributed by atoms with Crippen molar-refractivity contribution in [3.8, 4) is 0 Å². The van der Waals surface area contributed by atoms with E-state index in [1.54, 1.807) is 17.1 Å². The molecule has 0 radical (unpaired) electrons. The number of hydrogen-bond donors (Lipinski definition) is 3. The molecule has 21 heavy (non-hydrogen) atoms. The van der Waals surface area contributed by atoms with Crippen molar-refractivity contribution in [1.29, 1.82) is 0 Å². The average molecular weight is 295 g/mol. The Kier molecular flexibility index (Phi) is 5.72. The Labute approximate surface area is 125 Å². The van der Waals surface area contributed by atoms with Gasteiger partial charge in [0.15, 0.2) is 0 Å². The molecule has 0 spiro atoms. The number of aliphatic hydroxyl groups is 1. The maximum Gasteiger partial charge on any atom is 0.254 e. The number of amides is 1. The molecule has 7 nitrogen and oxygen atoms in total. The fraction of sp³-hybridized carbons (Fsp3) is 0.714. The molecule has 1 aromatic rings. The van der Waals surface area contributed by atoms with E-state index in [9.17, 15) is 9.90 Å². The van der Waals surface area contributed by atoms with Crippen molar-refractivity contribution in [2.45, 2.75) is 26.0 Å². The molecule has 1 aliphatic heterocycles. The number of aromatic nitrogens is 2. The highest BCUT2D eigenvalue weighted by Crippen LogP contribution is 2.05.